The number of benzene rings is 2. The molecule has 0 aliphatic rings. The molecule has 25 heavy (non-hydrogen) atoms. The van der Waals surface area contributed by atoms with Crippen LogP contribution in [0.2, 0.25) is 19.6 Å². The van der Waals surface area contributed by atoms with Crippen molar-refractivity contribution in [3.8, 4) is 6.07 Å². The molecule has 2 aromatic rings. The summed E-state index contributed by atoms with van der Waals surface area (Å²) >= 11 is 0. The lowest BCUT2D eigenvalue weighted by Gasteiger charge is -2.35. The van der Waals surface area contributed by atoms with Gasteiger partial charge in [-0.1, -0.05) is 30.3 Å². The molecule has 8 heteroatoms. The fourth-order valence-electron chi connectivity index (χ4n) is 2.44. The van der Waals surface area contributed by atoms with Crippen LogP contribution in [0.5, 0.6) is 0 Å². The molecule has 1 atom stereocenters. The van der Waals surface area contributed by atoms with Crippen LogP contribution in [-0.4, -0.2) is 8.32 Å². The minimum absolute atomic E-state index is 0.0249. The van der Waals surface area contributed by atoms with Crippen LogP contribution in [0.4, 0.5) is 22.0 Å². The van der Waals surface area contributed by atoms with E-state index >= 15 is 0 Å². The molecule has 0 aromatic heterocycles. The van der Waals surface area contributed by atoms with Crippen molar-refractivity contribution in [3.05, 3.63) is 70.5 Å². The Morgan fingerprint density at radius 1 is 0.840 bits per heavy atom. The van der Waals surface area contributed by atoms with Crippen LogP contribution in [-0.2, 0) is 10.0 Å². The Kier molecular flexibility index (Phi) is 5.02. The highest BCUT2D eigenvalue weighted by Gasteiger charge is 2.46. The highest BCUT2D eigenvalue weighted by Crippen LogP contribution is 2.40. The van der Waals surface area contributed by atoms with E-state index < -0.39 is 48.6 Å². The van der Waals surface area contributed by atoms with Crippen molar-refractivity contribution in [1.82, 2.24) is 0 Å². The highest BCUT2D eigenvalue weighted by atomic mass is 28.4. The molecule has 2 nitrogen and oxygen atoms in total. The maximum absolute atomic E-state index is 14.4. The first-order chi connectivity index (χ1) is 11.5. The van der Waals surface area contributed by atoms with Gasteiger partial charge in [0.05, 0.1) is 5.56 Å². The fraction of sp³-hybridized carbons (Fsp3) is 0.235. The zero-order valence-electron chi connectivity index (χ0n) is 13.6. The lowest BCUT2D eigenvalue weighted by atomic mass is 9.86. The second-order valence-corrected chi connectivity index (χ2v) is 10.7. The number of hydrogen-bond acceptors (Lipinski definition) is 2. The summed E-state index contributed by atoms with van der Waals surface area (Å²) in [6, 6.07) is 8.84. The number of halogens is 5. The normalized spacial score (nSPS) is 14.0. The average Bonchev–Trinajstić information content (AvgIpc) is 2.57. The van der Waals surface area contributed by atoms with Crippen LogP contribution < -0.4 is 0 Å². The van der Waals surface area contributed by atoms with Crippen LogP contribution in [0, 0.1) is 40.4 Å². The van der Waals surface area contributed by atoms with Gasteiger partial charge in [-0.2, -0.15) is 5.26 Å². The molecule has 1 unspecified atom stereocenters. The molecule has 0 aliphatic carbocycles. The Hall–Kier alpha value is -2.24. The summed E-state index contributed by atoms with van der Waals surface area (Å²) in [4.78, 5) is 0. The minimum atomic E-state index is -2.67. The van der Waals surface area contributed by atoms with E-state index in [1.807, 2.05) is 0 Å². The zero-order valence-corrected chi connectivity index (χ0v) is 14.6. The van der Waals surface area contributed by atoms with Gasteiger partial charge < -0.3 is 4.43 Å². The Bertz CT molecular complexity index is 816. The highest BCUT2D eigenvalue weighted by molar-refractivity contribution is 6.69. The third-order valence-electron chi connectivity index (χ3n) is 3.36. The average molecular weight is 371 g/mol. The van der Waals surface area contributed by atoms with Crippen molar-refractivity contribution < 1.29 is 26.4 Å². The van der Waals surface area contributed by atoms with Crippen molar-refractivity contribution in [2.24, 2.45) is 0 Å². The lowest BCUT2D eigenvalue weighted by Crippen LogP contribution is -2.42. The van der Waals surface area contributed by atoms with Crippen LogP contribution in [0.25, 0.3) is 0 Å². The molecule has 0 spiro atoms. The molecule has 0 saturated carbocycles. The van der Waals surface area contributed by atoms with Crippen LogP contribution in [0.1, 0.15) is 11.1 Å². The first kappa shape index (κ1) is 19.1. The Morgan fingerprint density at radius 3 is 1.68 bits per heavy atom. The summed E-state index contributed by atoms with van der Waals surface area (Å²) < 4.78 is 75.3. The van der Waals surface area contributed by atoms with E-state index in [0.29, 0.717) is 0 Å². The molecule has 0 fully saturated rings. The Labute approximate surface area is 142 Å². The molecule has 0 N–H and O–H groups in total. The summed E-state index contributed by atoms with van der Waals surface area (Å²) in [5.41, 5.74) is -3.79. The lowest BCUT2D eigenvalue weighted by molar-refractivity contribution is 0.149. The van der Waals surface area contributed by atoms with Crippen LogP contribution >= 0.6 is 0 Å². The quantitative estimate of drug-likeness (QED) is 0.328. The molecular weight excluding hydrogens is 357 g/mol. The largest absolute Gasteiger partial charge is 0.393 e. The summed E-state index contributed by atoms with van der Waals surface area (Å²) in [7, 11) is -2.67. The molecule has 0 bridgehead atoms. The van der Waals surface area contributed by atoms with E-state index in [1.165, 1.54) is 24.3 Å². The Morgan fingerprint density at radius 2 is 1.28 bits per heavy atom. The van der Waals surface area contributed by atoms with E-state index in [0.717, 1.165) is 0 Å². The summed E-state index contributed by atoms with van der Waals surface area (Å²) in [6.07, 6.45) is 0. The fourth-order valence-corrected chi connectivity index (χ4v) is 3.63. The number of rotatable bonds is 4. The first-order valence-electron chi connectivity index (χ1n) is 7.24. The molecular formula is C17H14F5NOSi. The first-order valence-corrected chi connectivity index (χ1v) is 10.6. The van der Waals surface area contributed by atoms with Gasteiger partial charge >= 0.3 is 0 Å². The minimum Gasteiger partial charge on any atom is -0.393 e. The van der Waals surface area contributed by atoms with Crippen molar-refractivity contribution in [3.63, 3.8) is 0 Å². The maximum Gasteiger partial charge on any atom is 0.202 e. The van der Waals surface area contributed by atoms with Crippen LogP contribution in [0.15, 0.2) is 30.3 Å². The number of nitriles is 1. The van der Waals surface area contributed by atoms with Gasteiger partial charge in [0.2, 0.25) is 11.4 Å². The molecule has 132 valence electrons. The van der Waals surface area contributed by atoms with Gasteiger partial charge in [0.1, 0.15) is 6.07 Å². The number of nitrogens with zero attached hydrogens (tertiary/aromatic N) is 1. The van der Waals surface area contributed by atoms with Gasteiger partial charge in [0.15, 0.2) is 31.6 Å². The maximum atomic E-state index is 14.4. The predicted octanol–water partition coefficient (Wildman–Crippen LogP) is 5.00. The molecule has 0 heterocycles. The molecule has 2 aromatic carbocycles. The summed E-state index contributed by atoms with van der Waals surface area (Å²) in [6.45, 7) is 4.90. The molecule has 2 rings (SSSR count). The number of hydrogen-bond donors (Lipinski definition) is 0. The van der Waals surface area contributed by atoms with Gasteiger partial charge in [-0.3, -0.25) is 0 Å². The van der Waals surface area contributed by atoms with Gasteiger partial charge in [-0.15, -0.1) is 0 Å². The van der Waals surface area contributed by atoms with Gasteiger partial charge in [-0.05, 0) is 19.6 Å². The third kappa shape index (κ3) is 3.30. The van der Waals surface area contributed by atoms with E-state index in [9.17, 15) is 27.2 Å². The van der Waals surface area contributed by atoms with Gasteiger partial charge in [0.25, 0.3) is 0 Å². The van der Waals surface area contributed by atoms with Crippen LogP contribution in [0.3, 0.4) is 0 Å². The third-order valence-corrected chi connectivity index (χ3v) is 4.28. The predicted molar refractivity (Wildman–Crippen MR) is 83.5 cm³/mol. The second-order valence-electron chi connectivity index (χ2n) is 6.32. The second kappa shape index (κ2) is 6.58. The topological polar surface area (TPSA) is 33.0 Å². The van der Waals surface area contributed by atoms with E-state index in [1.54, 1.807) is 31.8 Å². The molecule has 0 aliphatic heterocycles. The zero-order chi connectivity index (χ0) is 19.0. The summed E-state index contributed by atoms with van der Waals surface area (Å²) in [5.74, 6) is -10.7. The molecule has 0 amide bonds. The van der Waals surface area contributed by atoms with Crippen molar-refractivity contribution in [2.45, 2.75) is 25.2 Å². The molecule has 0 radical (unpaired) electrons. The van der Waals surface area contributed by atoms with E-state index in [4.69, 9.17) is 4.43 Å². The monoisotopic (exact) mass is 371 g/mol. The van der Waals surface area contributed by atoms with Crippen molar-refractivity contribution in [1.29, 1.82) is 5.26 Å². The van der Waals surface area contributed by atoms with Gasteiger partial charge in [0, 0.05) is 5.56 Å². The standard InChI is InChI=1S/C17H14F5NOSi/c1-25(2,3)24-17(9-23,10-7-5-4-6-8-10)11-12(18)14(20)16(22)15(21)13(11)19/h4-8H,1-3H3. The van der Waals surface area contributed by atoms with E-state index in [-0.39, 0.29) is 5.56 Å². The SMILES string of the molecule is C[Si](C)(C)OC(C#N)(c1ccccc1)c1c(F)c(F)c(F)c(F)c1F. The van der Waals surface area contributed by atoms with Crippen molar-refractivity contribution in [2.75, 3.05) is 0 Å². The Balaban J connectivity index is 2.95. The molecule has 0 saturated heterocycles. The van der Waals surface area contributed by atoms with Gasteiger partial charge in [-0.25, -0.2) is 22.0 Å². The van der Waals surface area contributed by atoms with Crippen molar-refractivity contribution >= 4 is 8.32 Å². The van der Waals surface area contributed by atoms with E-state index in [2.05, 4.69) is 0 Å². The summed E-state index contributed by atoms with van der Waals surface area (Å²) in [5, 5.41) is 9.72. The smallest absolute Gasteiger partial charge is 0.202 e.